The minimum atomic E-state index is 0.474. The fourth-order valence-corrected chi connectivity index (χ4v) is 3.35. The smallest absolute Gasteiger partial charge is 0.104 e. The van der Waals surface area contributed by atoms with Gasteiger partial charge >= 0.3 is 0 Å². The van der Waals surface area contributed by atoms with E-state index in [0.717, 1.165) is 9.98 Å². The molecule has 4 heteroatoms. The van der Waals surface area contributed by atoms with Crippen molar-refractivity contribution in [3.8, 4) is 0 Å². The van der Waals surface area contributed by atoms with Gasteiger partial charge in [-0.2, -0.15) is 0 Å². The lowest BCUT2D eigenvalue weighted by Gasteiger charge is -2.19. The molecule has 0 aromatic carbocycles. The quantitative estimate of drug-likeness (QED) is 0.663. The van der Waals surface area contributed by atoms with Gasteiger partial charge in [-0.15, -0.1) is 11.8 Å². The summed E-state index contributed by atoms with van der Waals surface area (Å²) >= 11 is 12.1. The Balaban J connectivity index is 0.000000442. The van der Waals surface area contributed by atoms with Gasteiger partial charge in [-0.25, -0.2) is 0 Å². The molecule has 0 radical (unpaired) electrons. The van der Waals surface area contributed by atoms with Crippen molar-refractivity contribution in [3.05, 3.63) is 11.0 Å². The highest BCUT2D eigenvalue weighted by Crippen LogP contribution is 2.38. The van der Waals surface area contributed by atoms with Gasteiger partial charge < -0.3 is 5.32 Å². The van der Waals surface area contributed by atoms with Gasteiger partial charge in [0, 0.05) is 5.92 Å². The zero-order valence-electron chi connectivity index (χ0n) is 9.79. The van der Waals surface area contributed by atoms with Gasteiger partial charge in [-0.1, -0.05) is 52.1 Å². The van der Waals surface area contributed by atoms with E-state index in [0.29, 0.717) is 5.92 Å². The van der Waals surface area contributed by atoms with E-state index in [-0.39, 0.29) is 0 Å². The van der Waals surface area contributed by atoms with E-state index in [1.54, 1.807) is 0 Å². The maximum atomic E-state index is 5.17. The number of thioether (sulfide) groups is 1. The van der Waals surface area contributed by atoms with Crippen molar-refractivity contribution in [3.63, 3.8) is 0 Å². The van der Waals surface area contributed by atoms with Crippen LogP contribution in [0, 0.1) is 5.92 Å². The largest absolute Gasteiger partial charge is 0.341 e. The Morgan fingerprint density at radius 2 is 1.87 bits per heavy atom. The lowest BCUT2D eigenvalue weighted by molar-refractivity contribution is 0.830. The van der Waals surface area contributed by atoms with Crippen LogP contribution in [0.5, 0.6) is 0 Å². The van der Waals surface area contributed by atoms with Crippen LogP contribution < -0.4 is 5.32 Å². The van der Waals surface area contributed by atoms with Crippen molar-refractivity contribution in [2.45, 2.75) is 34.1 Å². The number of fused-ring (bicyclic) bond motifs is 1. The van der Waals surface area contributed by atoms with Crippen LogP contribution in [-0.4, -0.2) is 15.7 Å². The Kier molecular flexibility index (Phi) is 8.29. The molecule has 0 spiro atoms. The number of thiocarbonyl (C=S) groups is 2. The summed E-state index contributed by atoms with van der Waals surface area (Å²) < 4.78 is 0. The third-order valence-corrected chi connectivity index (χ3v) is 3.64. The van der Waals surface area contributed by atoms with Crippen molar-refractivity contribution < 1.29 is 0 Å². The van der Waals surface area contributed by atoms with Crippen LogP contribution in [-0.2, 0) is 0 Å². The molecule has 2 aliphatic rings. The first-order valence-electron chi connectivity index (χ1n) is 5.46. The van der Waals surface area contributed by atoms with Crippen molar-refractivity contribution >= 4 is 46.2 Å². The van der Waals surface area contributed by atoms with Crippen LogP contribution in [0.3, 0.4) is 0 Å². The molecule has 1 unspecified atom stereocenters. The fourth-order valence-electron chi connectivity index (χ4n) is 1.31. The van der Waals surface area contributed by atoms with Crippen LogP contribution in [0.2, 0.25) is 0 Å². The number of nitrogens with one attached hydrogen (secondary N) is 1. The lowest BCUT2D eigenvalue weighted by atomic mass is 10.0. The van der Waals surface area contributed by atoms with E-state index < -0.39 is 0 Å². The fraction of sp³-hybridized carbons (Fsp3) is 0.636. The van der Waals surface area contributed by atoms with E-state index in [2.05, 4.69) is 5.32 Å². The molecule has 1 atom stereocenters. The maximum Gasteiger partial charge on any atom is 0.104 e. The molecule has 86 valence electrons. The first kappa shape index (κ1) is 15.1. The molecule has 1 fully saturated rings. The average Bonchev–Trinajstić information content (AvgIpc) is 2.72. The van der Waals surface area contributed by atoms with E-state index in [9.17, 15) is 0 Å². The van der Waals surface area contributed by atoms with Crippen molar-refractivity contribution in [2.75, 3.05) is 5.75 Å². The van der Waals surface area contributed by atoms with Gasteiger partial charge in [-0.3, -0.25) is 0 Å². The molecule has 15 heavy (non-hydrogen) atoms. The molecule has 0 aliphatic carbocycles. The van der Waals surface area contributed by atoms with Crippen molar-refractivity contribution in [1.82, 2.24) is 5.32 Å². The Morgan fingerprint density at radius 3 is 2.47 bits per heavy atom. The van der Waals surface area contributed by atoms with E-state index in [4.69, 9.17) is 24.4 Å². The van der Waals surface area contributed by atoms with Crippen molar-refractivity contribution in [2.24, 2.45) is 5.92 Å². The van der Waals surface area contributed by atoms with Crippen LogP contribution in [0.15, 0.2) is 11.0 Å². The van der Waals surface area contributed by atoms with E-state index >= 15 is 0 Å². The second kappa shape index (κ2) is 8.25. The molecule has 0 aromatic rings. The zero-order valence-corrected chi connectivity index (χ0v) is 12.2. The summed E-state index contributed by atoms with van der Waals surface area (Å²) in [5, 5.41) is 3.02. The van der Waals surface area contributed by atoms with Crippen molar-refractivity contribution in [1.29, 1.82) is 0 Å². The summed E-state index contributed by atoms with van der Waals surface area (Å²) in [6, 6.07) is 0. The number of rotatable bonds is 0. The van der Waals surface area contributed by atoms with Crippen LogP contribution in [0.25, 0.3) is 0 Å². The van der Waals surface area contributed by atoms with Crippen LogP contribution in [0.1, 0.15) is 34.1 Å². The normalized spacial score (nSPS) is 22.4. The Hall–Kier alpha value is 0.0700. The Morgan fingerprint density at radius 1 is 1.27 bits per heavy atom. The number of hydrogen-bond acceptors (Lipinski definition) is 3. The third kappa shape index (κ3) is 4.21. The van der Waals surface area contributed by atoms with Gasteiger partial charge in [0.15, 0.2) is 0 Å². The monoisotopic (exact) mass is 261 g/mol. The molecular weight excluding hydrogens is 242 g/mol. The number of hydrogen-bond donors (Lipinski definition) is 1. The predicted octanol–water partition coefficient (Wildman–Crippen LogP) is 3.93. The molecule has 0 bridgehead atoms. The van der Waals surface area contributed by atoms with Gasteiger partial charge in [0.1, 0.15) is 4.99 Å². The average molecular weight is 261 g/mol. The molecule has 1 nitrogen and oxygen atoms in total. The summed E-state index contributed by atoms with van der Waals surface area (Å²) in [6.07, 6.45) is 3.21. The standard InChI is InChI=1S/C7H7NS3.2C2H6/c9-6-3-5-4(1-2-11-5)7(10)8-6;2*1-2/h3-4H,1-2H2,(H,8,9,10);2*1-2H3. The summed E-state index contributed by atoms with van der Waals surface area (Å²) in [6.45, 7) is 8.00. The van der Waals surface area contributed by atoms with Crippen LogP contribution in [0.4, 0.5) is 0 Å². The Bertz CT molecular complexity index is 259. The zero-order chi connectivity index (χ0) is 11.8. The highest BCUT2D eigenvalue weighted by Gasteiger charge is 2.29. The van der Waals surface area contributed by atoms with E-state index in [1.165, 1.54) is 17.1 Å². The molecule has 2 aliphatic heterocycles. The molecule has 0 amide bonds. The summed E-state index contributed by atoms with van der Waals surface area (Å²) in [5.74, 6) is 1.66. The molecule has 1 saturated heterocycles. The maximum absolute atomic E-state index is 5.17. The first-order chi connectivity index (χ1) is 7.27. The molecule has 1 N–H and O–H groups in total. The highest BCUT2D eigenvalue weighted by molar-refractivity contribution is 8.03. The van der Waals surface area contributed by atoms with E-state index in [1.807, 2.05) is 45.5 Å². The molecular formula is C11H19NS3. The minimum absolute atomic E-state index is 0.474. The lowest BCUT2D eigenvalue weighted by Crippen LogP contribution is -2.35. The topological polar surface area (TPSA) is 12.0 Å². The minimum Gasteiger partial charge on any atom is -0.341 e. The molecule has 0 saturated carbocycles. The molecule has 2 rings (SSSR count). The molecule has 0 aromatic heterocycles. The van der Waals surface area contributed by atoms with Gasteiger partial charge in [-0.05, 0) is 23.2 Å². The Labute approximate surface area is 108 Å². The van der Waals surface area contributed by atoms with Gasteiger partial charge in [0.05, 0.1) is 4.99 Å². The first-order valence-corrected chi connectivity index (χ1v) is 7.27. The predicted molar refractivity (Wildman–Crippen MR) is 79.7 cm³/mol. The summed E-state index contributed by atoms with van der Waals surface area (Å²) in [4.78, 5) is 3.05. The summed E-state index contributed by atoms with van der Waals surface area (Å²) in [5.41, 5.74) is 0. The highest BCUT2D eigenvalue weighted by atomic mass is 32.2. The second-order valence-electron chi connectivity index (χ2n) is 2.59. The third-order valence-electron chi connectivity index (χ3n) is 1.85. The van der Waals surface area contributed by atoms with Crippen LogP contribution >= 0.6 is 36.2 Å². The SMILES string of the molecule is CC.CC.S=C1C=C2SCCC2C(=S)N1. The van der Waals surface area contributed by atoms with Gasteiger partial charge in [0.25, 0.3) is 0 Å². The second-order valence-corrected chi connectivity index (χ2v) is 4.64. The summed E-state index contributed by atoms with van der Waals surface area (Å²) in [7, 11) is 0. The van der Waals surface area contributed by atoms with Gasteiger partial charge in [0.2, 0.25) is 0 Å². The molecule has 2 heterocycles.